The van der Waals surface area contributed by atoms with E-state index in [0.29, 0.717) is 10.0 Å². The highest BCUT2D eigenvalue weighted by Crippen LogP contribution is 2.31. The second-order valence-electron chi connectivity index (χ2n) is 4.31. The molecule has 2 aromatic carbocycles. The summed E-state index contributed by atoms with van der Waals surface area (Å²) in [6.07, 6.45) is 0.865. The van der Waals surface area contributed by atoms with E-state index in [1.165, 1.54) is 5.56 Å². The van der Waals surface area contributed by atoms with Crippen molar-refractivity contribution in [1.82, 2.24) is 5.32 Å². The van der Waals surface area contributed by atoms with Crippen molar-refractivity contribution in [1.29, 1.82) is 0 Å². The molecule has 19 heavy (non-hydrogen) atoms. The lowest BCUT2D eigenvalue weighted by molar-refractivity contribution is 0.592. The Bertz CT molecular complexity index is 555. The van der Waals surface area contributed by atoms with Gasteiger partial charge in [0.25, 0.3) is 0 Å². The molecule has 1 N–H and O–H groups in total. The Morgan fingerprint density at radius 3 is 2.42 bits per heavy atom. The predicted octanol–water partition coefficient (Wildman–Crippen LogP) is 5.26. The van der Waals surface area contributed by atoms with Gasteiger partial charge in [0, 0.05) is 10.5 Å². The molecule has 0 aliphatic rings. The zero-order valence-electron chi connectivity index (χ0n) is 10.5. The van der Waals surface area contributed by atoms with Crippen LogP contribution in [0.4, 0.5) is 0 Å². The van der Waals surface area contributed by atoms with Crippen LogP contribution in [0.5, 0.6) is 0 Å². The largest absolute Gasteiger partial charge is 0.313 e. The van der Waals surface area contributed by atoms with Crippen molar-refractivity contribution in [2.24, 2.45) is 0 Å². The Hall–Kier alpha value is -0.540. The van der Waals surface area contributed by atoms with Crippen LogP contribution >= 0.6 is 39.1 Å². The molecule has 0 saturated heterocycles. The van der Waals surface area contributed by atoms with Gasteiger partial charge in [-0.3, -0.25) is 0 Å². The van der Waals surface area contributed by atoms with Gasteiger partial charge in [0.15, 0.2) is 0 Å². The van der Waals surface area contributed by atoms with Crippen LogP contribution in [0.15, 0.2) is 46.9 Å². The molecule has 100 valence electrons. The van der Waals surface area contributed by atoms with Crippen LogP contribution in [0.25, 0.3) is 0 Å². The SMILES string of the molecule is CNC(Cc1ccc(Br)cc1)c1cccc(Cl)c1Cl. The minimum atomic E-state index is 0.146. The van der Waals surface area contributed by atoms with E-state index in [0.717, 1.165) is 16.5 Å². The molecule has 1 atom stereocenters. The number of hydrogen-bond acceptors (Lipinski definition) is 1. The number of rotatable bonds is 4. The maximum atomic E-state index is 6.28. The molecular formula is C15H14BrCl2N. The average molecular weight is 359 g/mol. The second-order valence-corrected chi connectivity index (χ2v) is 6.02. The Labute approximate surface area is 132 Å². The Morgan fingerprint density at radius 1 is 1.11 bits per heavy atom. The summed E-state index contributed by atoms with van der Waals surface area (Å²) in [5.41, 5.74) is 2.28. The summed E-state index contributed by atoms with van der Waals surface area (Å²) in [7, 11) is 1.93. The predicted molar refractivity (Wildman–Crippen MR) is 86.1 cm³/mol. The third-order valence-corrected chi connectivity index (χ3v) is 4.42. The molecule has 0 radical (unpaired) electrons. The second kappa shape index (κ2) is 6.76. The number of halogens is 3. The van der Waals surface area contributed by atoms with E-state index in [4.69, 9.17) is 23.2 Å². The first-order valence-electron chi connectivity index (χ1n) is 5.97. The molecule has 4 heteroatoms. The van der Waals surface area contributed by atoms with E-state index in [1.807, 2.05) is 31.3 Å². The normalized spacial score (nSPS) is 12.4. The minimum absolute atomic E-state index is 0.146. The summed E-state index contributed by atoms with van der Waals surface area (Å²) < 4.78 is 1.08. The monoisotopic (exact) mass is 357 g/mol. The molecule has 0 aliphatic carbocycles. The van der Waals surface area contributed by atoms with Gasteiger partial charge < -0.3 is 5.32 Å². The molecule has 0 fully saturated rings. The van der Waals surface area contributed by atoms with Gasteiger partial charge in [-0.1, -0.05) is 63.4 Å². The summed E-state index contributed by atoms with van der Waals surface area (Å²) in [6.45, 7) is 0. The summed E-state index contributed by atoms with van der Waals surface area (Å²) >= 11 is 15.8. The Balaban J connectivity index is 2.25. The van der Waals surface area contributed by atoms with Crippen LogP contribution < -0.4 is 5.32 Å². The third-order valence-electron chi connectivity index (χ3n) is 3.06. The van der Waals surface area contributed by atoms with Crippen LogP contribution in [-0.4, -0.2) is 7.05 Å². The van der Waals surface area contributed by atoms with Gasteiger partial charge in [0.2, 0.25) is 0 Å². The van der Waals surface area contributed by atoms with Crippen LogP contribution in [-0.2, 0) is 6.42 Å². The zero-order valence-corrected chi connectivity index (χ0v) is 13.6. The molecule has 0 amide bonds. The first-order valence-corrected chi connectivity index (χ1v) is 7.52. The standard InChI is InChI=1S/C15H14BrCl2N/c1-19-14(9-10-5-7-11(16)8-6-10)12-3-2-4-13(17)15(12)18/h2-8,14,19H,9H2,1H3. The Kier molecular flexibility index (Phi) is 5.28. The molecule has 1 nitrogen and oxygen atoms in total. The van der Waals surface area contributed by atoms with Gasteiger partial charge in [-0.2, -0.15) is 0 Å². The molecule has 0 aliphatic heterocycles. The Morgan fingerprint density at radius 2 is 1.79 bits per heavy atom. The highest BCUT2D eigenvalue weighted by atomic mass is 79.9. The summed E-state index contributed by atoms with van der Waals surface area (Å²) in [6, 6.07) is 14.2. The van der Waals surface area contributed by atoms with Gasteiger partial charge in [-0.05, 0) is 42.8 Å². The fourth-order valence-electron chi connectivity index (χ4n) is 2.01. The van der Waals surface area contributed by atoms with Crippen LogP contribution in [0, 0.1) is 0 Å². The average Bonchev–Trinajstić information content (AvgIpc) is 2.42. The minimum Gasteiger partial charge on any atom is -0.313 e. The first-order chi connectivity index (χ1) is 9.11. The van der Waals surface area contributed by atoms with Gasteiger partial charge in [-0.25, -0.2) is 0 Å². The van der Waals surface area contributed by atoms with Crippen molar-refractivity contribution in [3.63, 3.8) is 0 Å². The first kappa shape index (κ1) is 14.9. The van der Waals surface area contributed by atoms with Gasteiger partial charge in [-0.15, -0.1) is 0 Å². The fourth-order valence-corrected chi connectivity index (χ4v) is 2.72. The lowest BCUT2D eigenvalue weighted by Gasteiger charge is -2.18. The van der Waals surface area contributed by atoms with E-state index in [2.05, 4.69) is 33.4 Å². The number of likely N-dealkylation sites (N-methyl/N-ethyl adjacent to an activating group) is 1. The van der Waals surface area contributed by atoms with E-state index >= 15 is 0 Å². The third kappa shape index (κ3) is 3.73. The van der Waals surface area contributed by atoms with Crippen molar-refractivity contribution in [2.75, 3.05) is 7.05 Å². The summed E-state index contributed by atoms with van der Waals surface area (Å²) in [5.74, 6) is 0. The molecule has 0 bridgehead atoms. The van der Waals surface area contributed by atoms with E-state index in [9.17, 15) is 0 Å². The van der Waals surface area contributed by atoms with Crippen LogP contribution in [0.3, 0.4) is 0 Å². The van der Waals surface area contributed by atoms with Crippen LogP contribution in [0.1, 0.15) is 17.2 Å². The van der Waals surface area contributed by atoms with Gasteiger partial charge in [0.05, 0.1) is 10.0 Å². The number of benzene rings is 2. The van der Waals surface area contributed by atoms with E-state index in [-0.39, 0.29) is 6.04 Å². The molecule has 0 aromatic heterocycles. The lowest BCUT2D eigenvalue weighted by atomic mass is 9.99. The lowest BCUT2D eigenvalue weighted by Crippen LogP contribution is -2.19. The van der Waals surface area contributed by atoms with Crippen LogP contribution in [0.2, 0.25) is 10.0 Å². The number of hydrogen-bond donors (Lipinski definition) is 1. The van der Waals surface area contributed by atoms with Crippen molar-refractivity contribution >= 4 is 39.1 Å². The number of nitrogens with one attached hydrogen (secondary N) is 1. The molecular weight excluding hydrogens is 345 g/mol. The maximum Gasteiger partial charge on any atom is 0.0640 e. The molecule has 2 aromatic rings. The van der Waals surface area contributed by atoms with Gasteiger partial charge >= 0.3 is 0 Å². The fraction of sp³-hybridized carbons (Fsp3) is 0.200. The summed E-state index contributed by atoms with van der Waals surface area (Å²) in [5, 5.41) is 4.51. The highest BCUT2D eigenvalue weighted by Gasteiger charge is 2.15. The smallest absolute Gasteiger partial charge is 0.0640 e. The van der Waals surface area contributed by atoms with Crippen molar-refractivity contribution < 1.29 is 0 Å². The molecule has 0 spiro atoms. The molecule has 1 unspecified atom stereocenters. The van der Waals surface area contributed by atoms with Crippen molar-refractivity contribution in [2.45, 2.75) is 12.5 Å². The quantitative estimate of drug-likeness (QED) is 0.786. The molecule has 0 saturated carbocycles. The van der Waals surface area contributed by atoms with Gasteiger partial charge in [0.1, 0.15) is 0 Å². The zero-order chi connectivity index (χ0) is 13.8. The van der Waals surface area contributed by atoms with E-state index < -0.39 is 0 Å². The topological polar surface area (TPSA) is 12.0 Å². The highest BCUT2D eigenvalue weighted by molar-refractivity contribution is 9.10. The van der Waals surface area contributed by atoms with Crippen molar-refractivity contribution in [3.05, 3.63) is 68.1 Å². The molecule has 0 heterocycles. The summed E-state index contributed by atoms with van der Waals surface area (Å²) in [4.78, 5) is 0. The van der Waals surface area contributed by atoms with Crippen molar-refractivity contribution in [3.8, 4) is 0 Å². The maximum absolute atomic E-state index is 6.28. The van der Waals surface area contributed by atoms with E-state index in [1.54, 1.807) is 6.07 Å². The molecule has 2 rings (SSSR count).